The van der Waals surface area contributed by atoms with Crippen LogP contribution in [0.3, 0.4) is 0 Å². The molecule has 0 spiro atoms. The summed E-state index contributed by atoms with van der Waals surface area (Å²) in [6, 6.07) is 13.5. The number of aromatic carboxylic acids is 1. The first-order valence-corrected chi connectivity index (χ1v) is 7.01. The number of nitrogens with two attached hydrogens (primary N) is 1. The molecule has 0 aliphatic heterocycles. The molecule has 2 rings (SSSR count). The minimum Gasteiger partial charge on any atom is -0.494 e. The lowest BCUT2D eigenvalue weighted by Crippen LogP contribution is -2.05. The van der Waals surface area contributed by atoms with Gasteiger partial charge in [-0.3, -0.25) is 4.79 Å². The van der Waals surface area contributed by atoms with Gasteiger partial charge in [-0.1, -0.05) is 12.1 Å². The number of carboxylic acids is 1. The summed E-state index contributed by atoms with van der Waals surface area (Å²) in [5.41, 5.74) is 7.12. The Morgan fingerprint density at radius 3 is 2.43 bits per heavy atom. The molecule has 0 fully saturated rings. The van der Waals surface area contributed by atoms with E-state index in [4.69, 9.17) is 15.6 Å². The number of carboxylic acid groups (broad SMARTS) is 1. The van der Waals surface area contributed by atoms with E-state index in [-0.39, 0.29) is 11.5 Å². The first-order chi connectivity index (χ1) is 10.9. The highest BCUT2D eigenvalue weighted by Gasteiger charge is 2.02. The summed E-state index contributed by atoms with van der Waals surface area (Å²) >= 11 is 0. The Balaban J connectivity index is 0.000000231. The molecule has 122 valence electrons. The van der Waals surface area contributed by atoms with Crippen molar-refractivity contribution in [3.05, 3.63) is 54.1 Å². The number of ether oxygens (including phenoxy) is 1. The van der Waals surface area contributed by atoms with Crippen molar-refractivity contribution in [1.29, 1.82) is 0 Å². The van der Waals surface area contributed by atoms with Crippen LogP contribution in [0.2, 0.25) is 0 Å². The van der Waals surface area contributed by atoms with Gasteiger partial charge in [0.1, 0.15) is 5.75 Å². The second kappa shape index (κ2) is 9.09. The van der Waals surface area contributed by atoms with Crippen LogP contribution in [0.15, 0.2) is 48.5 Å². The predicted octanol–water partition coefficient (Wildman–Crippen LogP) is 3.01. The van der Waals surface area contributed by atoms with Gasteiger partial charge in [0.05, 0.1) is 12.2 Å². The van der Waals surface area contributed by atoms with Gasteiger partial charge in [-0.15, -0.1) is 0 Å². The normalized spacial score (nSPS) is 9.30. The van der Waals surface area contributed by atoms with Crippen LogP contribution in [-0.2, 0) is 4.79 Å². The average Bonchev–Trinajstić information content (AvgIpc) is 2.48. The fourth-order valence-corrected chi connectivity index (χ4v) is 1.71. The van der Waals surface area contributed by atoms with Crippen LogP contribution in [0, 0.1) is 0 Å². The summed E-state index contributed by atoms with van der Waals surface area (Å²) in [7, 11) is 0. The Bertz CT molecular complexity index is 671. The largest absolute Gasteiger partial charge is 0.494 e. The van der Waals surface area contributed by atoms with Gasteiger partial charge in [0.15, 0.2) is 0 Å². The van der Waals surface area contributed by atoms with Crippen LogP contribution in [0.1, 0.15) is 24.2 Å². The molecule has 0 saturated carbocycles. The molecule has 0 aromatic heterocycles. The third-order valence-electron chi connectivity index (χ3n) is 2.60. The molecular formula is C17H20N2O4. The van der Waals surface area contributed by atoms with E-state index >= 15 is 0 Å². The molecule has 4 N–H and O–H groups in total. The summed E-state index contributed by atoms with van der Waals surface area (Å²) in [6.07, 6.45) is 0. The molecule has 2 aromatic rings. The highest BCUT2D eigenvalue weighted by molar-refractivity contribution is 5.89. The number of carbonyl (C=O) groups is 2. The minimum absolute atomic E-state index is 0.0874. The zero-order chi connectivity index (χ0) is 17.2. The molecule has 0 bridgehead atoms. The monoisotopic (exact) mass is 316 g/mol. The van der Waals surface area contributed by atoms with Gasteiger partial charge in [-0.2, -0.15) is 0 Å². The SMILES string of the molecule is CC(=O)Nc1cccc(N)c1.CCOc1cccc(C(=O)O)c1. The fourth-order valence-electron chi connectivity index (χ4n) is 1.71. The van der Waals surface area contributed by atoms with Crippen molar-refractivity contribution in [3.8, 4) is 5.75 Å². The lowest BCUT2D eigenvalue weighted by Gasteiger charge is -2.02. The number of amides is 1. The summed E-state index contributed by atoms with van der Waals surface area (Å²) < 4.78 is 5.13. The Morgan fingerprint density at radius 2 is 1.87 bits per heavy atom. The van der Waals surface area contributed by atoms with E-state index in [0.29, 0.717) is 18.0 Å². The van der Waals surface area contributed by atoms with Crippen molar-refractivity contribution < 1.29 is 19.4 Å². The quantitative estimate of drug-likeness (QED) is 0.753. The number of rotatable bonds is 4. The third-order valence-corrected chi connectivity index (χ3v) is 2.60. The molecule has 0 unspecified atom stereocenters. The summed E-state index contributed by atoms with van der Waals surface area (Å²) in [6.45, 7) is 3.86. The van der Waals surface area contributed by atoms with Crippen LogP contribution < -0.4 is 15.8 Å². The summed E-state index contributed by atoms with van der Waals surface area (Å²) in [5.74, 6) is -0.426. The van der Waals surface area contributed by atoms with Crippen molar-refractivity contribution in [3.63, 3.8) is 0 Å². The van der Waals surface area contributed by atoms with Crippen LogP contribution in [0.25, 0.3) is 0 Å². The molecule has 0 heterocycles. The van der Waals surface area contributed by atoms with E-state index in [1.165, 1.54) is 19.1 Å². The van der Waals surface area contributed by atoms with Gasteiger partial charge < -0.3 is 20.9 Å². The summed E-state index contributed by atoms with van der Waals surface area (Å²) in [4.78, 5) is 21.1. The minimum atomic E-state index is -0.934. The average molecular weight is 316 g/mol. The second-order valence-electron chi connectivity index (χ2n) is 4.57. The molecule has 0 aliphatic carbocycles. The maximum atomic E-state index is 10.6. The van der Waals surface area contributed by atoms with Crippen LogP contribution >= 0.6 is 0 Å². The Labute approximate surface area is 134 Å². The van der Waals surface area contributed by atoms with Crippen LogP contribution in [0.4, 0.5) is 11.4 Å². The lowest BCUT2D eigenvalue weighted by molar-refractivity contribution is -0.114. The number of hydrogen-bond acceptors (Lipinski definition) is 4. The number of hydrogen-bond donors (Lipinski definition) is 3. The van der Waals surface area contributed by atoms with E-state index in [9.17, 15) is 9.59 Å². The molecule has 6 nitrogen and oxygen atoms in total. The van der Waals surface area contributed by atoms with Crippen molar-refractivity contribution in [2.75, 3.05) is 17.7 Å². The number of nitrogens with one attached hydrogen (secondary N) is 1. The van der Waals surface area contributed by atoms with Crippen molar-refractivity contribution >= 4 is 23.3 Å². The molecule has 6 heteroatoms. The Morgan fingerprint density at radius 1 is 1.17 bits per heavy atom. The molecular weight excluding hydrogens is 296 g/mol. The van der Waals surface area contributed by atoms with Gasteiger partial charge >= 0.3 is 5.97 Å². The first kappa shape index (κ1) is 18.0. The standard InChI is InChI=1S/C9H10O3.C8H10N2O/c1-2-12-8-5-3-4-7(6-8)9(10)11;1-6(11)10-8-4-2-3-7(9)5-8/h3-6H,2H2,1H3,(H,10,11);2-5H,9H2,1H3,(H,10,11). The number of anilines is 2. The summed E-state index contributed by atoms with van der Waals surface area (Å²) in [5, 5.41) is 11.2. The molecule has 23 heavy (non-hydrogen) atoms. The topological polar surface area (TPSA) is 102 Å². The molecule has 0 atom stereocenters. The zero-order valence-corrected chi connectivity index (χ0v) is 13.1. The van der Waals surface area contributed by atoms with Crippen molar-refractivity contribution in [2.45, 2.75) is 13.8 Å². The van der Waals surface area contributed by atoms with E-state index in [1.54, 1.807) is 36.4 Å². The number of nitrogen functional groups attached to an aromatic ring is 1. The smallest absolute Gasteiger partial charge is 0.335 e. The highest BCUT2D eigenvalue weighted by atomic mass is 16.5. The highest BCUT2D eigenvalue weighted by Crippen LogP contribution is 2.13. The van der Waals surface area contributed by atoms with Crippen LogP contribution in [0.5, 0.6) is 5.75 Å². The fraction of sp³-hybridized carbons (Fsp3) is 0.176. The molecule has 1 amide bonds. The maximum absolute atomic E-state index is 10.6. The van der Waals surface area contributed by atoms with Crippen molar-refractivity contribution in [2.24, 2.45) is 0 Å². The van der Waals surface area contributed by atoms with Gasteiger partial charge in [-0.05, 0) is 43.3 Å². The van der Waals surface area contributed by atoms with E-state index in [2.05, 4.69) is 5.32 Å². The van der Waals surface area contributed by atoms with Gasteiger partial charge in [0, 0.05) is 18.3 Å². The van der Waals surface area contributed by atoms with E-state index in [0.717, 1.165) is 5.69 Å². The Kier molecular flexibility index (Phi) is 7.13. The van der Waals surface area contributed by atoms with E-state index < -0.39 is 5.97 Å². The van der Waals surface area contributed by atoms with E-state index in [1.807, 2.05) is 6.92 Å². The first-order valence-electron chi connectivity index (χ1n) is 7.01. The number of carbonyl (C=O) groups excluding carboxylic acids is 1. The lowest BCUT2D eigenvalue weighted by atomic mass is 10.2. The van der Waals surface area contributed by atoms with Crippen LogP contribution in [-0.4, -0.2) is 23.6 Å². The predicted molar refractivity (Wildman–Crippen MR) is 89.7 cm³/mol. The van der Waals surface area contributed by atoms with Crippen molar-refractivity contribution in [1.82, 2.24) is 0 Å². The molecule has 0 saturated heterocycles. The van der Waals surface area contributed by atoms with Gasteiger partial charge in [0.2, 0.25) is 5.91 Å². The Hall–Kier alpha value is -3.02. The third kappa shape index (κ3) is 6.99. The van der Waals surface area contributed by atoms with Gasteiger partial charge in [-0.25, -0.2) is 4.79 Å². The maximum Gasteiger partial charge on any atom is 0.335 e. The molecule has 2 aromatic carbocycles. The number of benzene rings is 2. The molecule has 0 aliphatic rings. The van der Waals surface area contributed by atoms with Gasteiger partial charge in [0.25, 0.3) is 0 Å². The zero-order valence-electron chi connectivity index (χ0n) is 13.1. The molecule has 0 radical (unpaired) electrons. The second-order valence-corrected chi connectivity index (χ2v) is 4.57.